The maximum absolute atomic E-state index is 13.0. The Morgan fingerprint density at radius 1 is 1.07 bits per heavy atom. The van der Waals surface area contributed by atoms with Gasteiger partial charge in [0.25, 0.3) is 5.91 Å². The third-order valence-electron chi connectivity index (χ3n) is 5.71. The van der Waals surface area contributed by atoms with Crippen LogP contribution in [0, 0.1) is 0 Å². The largest absolute Gasteiger partial charge is 0.336 e. The summed E-state index contributed by atoms with van der Waals surface area (Å²) in [6.45, 7) is 2.74. The fraction of sp³-hybridized carbons (Fsp3) is 0.348. The maximum atomic E-state index is 13.0. The van der Waals surface area contributed by atoms with E-state index in [1.54, 1.807) is 34.9 Å². The van der Waals surface area contributed by atoms with Crippen molar-refractivity contribution in [1.29, 1.82) is 0 Å². The molecule has 1 amide bonds. The van der Waals surface area contributed by atoms with Gasteiger partial charge in [-0.25, -0.2) is 4.98 Å². The minimum atomic E-state index is -0.116. The van der Waals surface area contributed by atoms with E-state index in [0.717, 1.165) is 23.0 Å². The molecule has 0 aliphatic heterocycles. The van der Waals surface area contributed by atoms with Crippen LogP contribution in [0.5, 0.6) is 0 Å². The molecule has 0 unspecified atom stereocenters. The van der Waals surface area contributed by atoms with E-state index in [9.17, 15) is 9.59 Å². The topological polar surface area (TPSA) is 54.7 Å². The van der Waals surface area contributed by atoms with Gasteiger partial charge in [0, 0.05) is 34.4 Å². The van der Waals surface area contributed by atoms with Crippen LogP contribution < -0.4 is 0 Å². The van der Waals surface area contributed by atoms with Crippen LogP contribution in [0.2, 0.25) is 0 Å². The number of benzene rings is 1. The average molecular weight is 454 g/mol. The van der Waals surface area contributed by atoms with E-state index in [2.05, 4.69) is 20.9 Å². The lowest BCUT2D eigenvalue weighted by molar-refractivity contribution is 0.0647. The quantitative estimate of drug-likeness (QED) is 0.503. The molecule has 0 atom stereocenters. The molecular weight excluding hydrogens is 430 g/mol. The van der Waals surface area contributed by atoms with Gasteiger partial charge >= 0.3 is 0 Å². The van der Waals surface area contributed by atoms with Gasteiger partial charge in [-0.3, -0.25) is 14.0 Å². The van der Waals surface area contributed by atoms with Crippen LogP contribution in [-0.4, -0.2) is 38.6 Å². The number of pyridine rings is 1. The summed E-state index contributed by atoms with van der Waals surface area (Å²) < 4.78 is 2.65. The Labute approximate surface area is 178 Å². The molecule has 0 radical (unpaired) electrons. The first-order chi connectivity index (χ1) is 14.1. The van der Waals surface area contributed by atoms with E-state index in [1.165, 1.54) is 19.3 Å². The van der Waals surface area contributed by atoms with Crippen LogP contribution in [0.4, 0.5) is 0 Å². The second kappa shape index (κ2) is 8.49. The number of nitrogens with zero attached hydrogens (tertiary/aromatic N) is 3. The summed E-state index contributed by atoms with van der Waals surface area (Å²) in [6.07, 6.45) is 9.23. The maximum Gasteiger partial charge on any atom is 0.254 e. The number of fused-ring (bicyclic) bond motifs is 1. The molecule has 1 aliphatic rings. The van der Waals surface area contributed by atoms with Crippen LogP contribution in [-0.2, 0) is 0 Å². The Morgan fingerprint density at radius 3 is 2.45 bits per heavy atom. The van der Waals surface area contributed by atoms with E-state index in [1.807, 2.05) is 30.2 Å². The molecule has 0 N–H and O–H groups in total. The van der Waals surface area contributed by atoms with Crippen molar-refractivity contribution in [3.63, 3.8) is 0 Å². The number of amides is 1. The van der Waals surface area contributed by atoms with Gasteiger partial charge in [0.05, 0.1) is 6.20 Å². The fourth-order valence-corrected chi connectivity index (χ4v) is 4.50. The summed E-state index contributed by atoms with van der Waals surface area (Å²) >= 11 is 3.43. The Hall–Kier alpha value is -2.47. The summed E-state index contributed by atoms with van der Waals surface area (Å²) in [5.74, 6) is -0.0636. The van der Waals surface area contributed by atoms with Gasteiger partial charge in [0.2, 0.25) is 5.78 Å². The predicted molar refractivity (Wildman–Crippen MR) is 116 cm³/mol. The van der Waals surface area contributed by atoms with Crippen LogP contribution in [0.25, 0.3) is 5.65 Å². The molecule has 3 aromatic rings. The zero-order valence-corrected chi connectivity index (χ0v) is 18.1. The molecular formula is C23H24BrN3O2. The molecule has 1 aromatic carbocycles. The molecule has 29 heavy (non-hydrogen) atoms. The van der Waals surface area contributed by atoms with Crippen molar-refractivity contribution >= 4 is 33.3 Å². The molecule has 5 nitrogen and oxygen atoms in total. The number of imidazole rings is 1. The number of carbonyl (C=O) groups is 2. The lowest BCUT2D eigenvalue weighted by Crippen LogP contribution is -2.41. The molecule has 1 aliphatic carbocycles. The SMILES string of the molecule is CCN(C(=O)c1ccc(C(=O)c2cnc3ccc(Br)cn23)cc1)C1CCCCC1. The molecule has 0 saturated heterocycles. The van der Waals surface area contributed by atoms with Crippen molar-refractivity contribution in [2.45, 2.75) is 45.1 Å². The van der Waals surface area contributed by atoms with Gasteiger partial charge in [0.1, 0.15) is 11.3 Å². The van der Waals surface area contributed by atoms with Crippen molar-refractivity contribution in [1.82, 2.24) is 14.3 Å². The van der Waals surface area contributed by atoms with E-state index >= 15 is 0 Å². The summed E-state index contributed by atoms with van der Waals surface area (Å²) in [4.78, 5) is 32.3. The predicted octanol–water partition coefficient (Wildman–Crippen LogP) is 5.12. The number of aromatic nitrogens is 2. The van der Waals surface area contributed by atoms with Crippen LogP contribution >= 0.6 is 15.9 Å². The molecule has 0 spiro atoms. The Balaban J connectivity index is 1.55. The Kier molecular flexibility index (Phi) is 5.81. The molecule has 150 valence electrons. The second-order valence-corrected chi connectivity index (χ2v) is 8.42. The fourth-order valence-electron chi connectivity index (χ4n) is 4.16. The van der Waals surface area contributed by atoms with E-state index in [-0.39, 0.29) is 11.7 Å². The smallest absolute Gasteiger partial charge is 0.254 e. The highest BCUT2D eigenvalue weighted by molar-refractivity contribution is 9.10. The van der Waals surface area contributed by atoms with Gasteiger partial charge in [0.15, 0.2) is 0 Å². The summed E-state index contributed by atoms with van der Waals surface area (Å²) in [7, 11) is 0. The average Bonchev–Trinajstić information content (AvgIpc) is 3.17. The highest BCUT2D eigenvalue weighted by atomic mass is 79.9. The Bertz CT molecular complexity index is 1040. The first kappa shape index (κ1) is 19.8. The summed E-state index contributed by atoms with van der Waals surface area (Å²) in [5, 5.41) is 0. The highest BCUT2D eigenvalue weighted by Crippen LogP contribution is 2.24. The number of halogens is 1. The number of hydrogen-bond donors (Lipinski definition) is 0. The lowest BCUT2D eigenvalue weighted by atomic mass is 9.93. The Morgan fingerprint density at radius 2 is 1.76 bits per heavy atom. The summed E-state index contributed by atoms with van der Waals surface area (Å²) in [6, 6.07) is 11.1. The van der Waals surface area contributed by atoms with E-state index in [0.29, 0.717) is 29.4 Å². The minimum absolute atomic E-state index is 0.0529. The van der Waals surface area contributed by atoms with Crippen molar-refractivity contribution in [2.24, 2.45) is 0 Å². The third kappa shape index (κ3) is 3.99. The first-order valence-electron chi connectivity index (χ1n) is 10.2. The molecule has 2 heterocycles. The molecule has 0 bridgehead atoms. The lowest BCUT2D eigenvalue weighted by Gasteiger charge is -2.33. The first-order valence-corrected chi connectivity index (χ1v) is 11.0. The van der Waals surface area contributed by atoms with Crippen LogP contribution in [0.15, 0.2) is 53.3 Å². The monoisotopic (exact) mass is 453 g/mol. The molecule has 1 saturated carbocycles. The van der Waals surface area contributed by atoms with E-state index < -0.39 is 0 Å². The number of rotatable bonds is 5. The number of hydrogen-bond acceptors (Lipinski definition) is 3. The van der Waals surface area contributed by atoms with Gasteiger partial charge in [-0.05, 0) is 60.0 Å². The summed E-state index contributed by atoms with van der Waals surface area (Å²) in [5.41, 5.74) is 2.39. The number of ketones is 1. The van der Waals surface area contributed by atoms with Gasteiger partial charge in [-0.1, -0.05) is 31.4 Å². The zero-order chi connectivity index (χ0) is 20.4. The van der Waals surface area contributed by atoms with Crippen molar-refractivity contribution in [3.8, 4) is 0 Å². The van der Waals surface area contributed by atoms with Gasteiger partial charge < -0.3 is 4.90 Å². The van der Waals surface area contributed by atoms with Crippen LogP contribution in [0.1, 0.15) is 65.4 Å². The standard InChI is InChI=1S/C23H24BrN3O2/c1-2-26(19-6-4-3-5-7-19)23(29)17-10-8-16(9-11-17)22(28)20-14-25-21-13-12-18(24)15-27(20)21/h8-15,19H,2-7H2,1H3. The molecule has 2 aromatic heterocycles. The minimum Gasteiger partial charge on any atom is -0.336 e. The van der Waals surface area contributed by atoms with Gasteiger partial charge in [-0.15, -0.1) is 0 Å². The van der Waals surface area contributed by atoms with Crippen molar-refractivity contribution < 1.29 is 9.59 Å². The molecule has 1 fully saturated rings. The normalized spacial score (nSPS) is 14.8. The number of carbonyl (C=O) groups excluding carboxylic acids is 2. The second-order valence-electron chi connectivity index (χ2n) is 7.51. The van der Waals surface area contributed by atoms with Gasteiger partial charge in [-0.2, -0.15) is 0 Å². The zero-order valence-electron chi connectivity index (χ0n) is 16.5. The molecule has 4 rings (SSSR count). The molecule has 6 heteroatoms. The third-order valence-corrected chi connectivity index (χ3v) is 6.18. The highest BCUT2D eigenvalue weighted by Gasteiger charge is 2.25. The van der Waals surface area contributed by atoms with Crippen molar-refractivity contribution in [3.05, 3.63) is 70.1 Å². The van der Waals surface area contributed by atoms with Crippen molar-refractivity contribution in [2.75, 3.05) is 6.54 Å². The van der Waals surface area contributed by atoms with E-state index in [4.69, 9.17) is 0 Å². The van der Waals surface area contributed by atoms with Crippen LogP contribution in [0.3, 0.4) is 0 Å².